The van der Waals surface area contributed by atoms with Crippen molar-refractivity contribution in [3.63, 3.8) is 0 Å². The first kappa shape index (κ1) is 21.9. The third-order valence-corrected chi connectivity index (χ3v) is 5.29. The summed E-state index contributed by atoms with van der Waals surface area (Å²) in [6.45, 7) is 0.365. The van der Waals surface area contributed by atoms with Crippen molar-refractivity contribution in [1.29, 1.82) is 0 Å². The number of halogens is 2. The van der Waals surface area contributed by atoms with E-state index in [0.29, 0.717) is 11.6 Å². The average molecular weight is 441 g/mol. The number of benzene rings is 3. The summed E-state index contributed by atoms with van der Waals surface area (Å²) in [6, 6.07) is 25.0. The van der Waals surface area contributed by atoms with Gasteiger partial charge in [-0.2, -0.15) is 0 Å². The van der Waals surface area contributed by atoms with Crippen molar-refractivity contribution >= 4 is 35.0 Å². The summed E-state index contributed by atoms with van der Waals surface area (Å²) in [6.07, 6.45) is 0.747. The number of nitrogens with one attached hydrogen (secondary N) is 2. The fourth-order valence-corrected chi connectivity index (χ4v) is 3.74. The minimum absolute atomic E-state index is 0.126. The molecule has 0 radical (unpaired) electrons. The summed E-state index contributed by atoms with van der Waals surface area (Å²) in [5.41, 5.74) is 2.68. The maximum atomic E-state index is 12.2. The topological polar surface area (TPSA) is 58.2 Å². The summed E-state index contributed by atoms with van der Waals surface area (Å²) in [5, 5.41) is 6.15. The minimum Gasteiger partial charge on any atom is -0.355 e. The molecule has 0 atom stereocenters. The van der Waals surface area contributed by atoms with Crippen molar-refractivity contribution in [2.24, 2.45) is 0 Å². The zero-order chi connectivity index (χ0) is 21.3. The molecular weight excluding hydrogens is 419 g/mol. The number of amides is 2. The summed E-state index contributed by atoms with van der Waals surface area (Å²) in [5.74, 6) is -0.498. The van der Waals surface area contributed by atoms with Crippen LogP contribution in [0.1, 0.15) is 33.8 Å². The highest BCUT2D eigenvalue weighted by molar-refractivity contribution is 6.36. The molecule has 0 saturated heterocycles. The third-order valence-electron chi connectivity index (χ3n) is 4.74. The molecular formula is C24H22Cl2N2O2. The van der Waals surface area contributed by atoms with Crippen LogP contribution in [0.5, 0.6) is 0 Å². The summed E-state index contributed by atoms with van der Waals surface area (Å²) >= 11 is 11.9. The highest BCUT2D eigenvalue weighted by Gasteiger charge is 2.15. The van der Waals surface area contributed by atoms with E-state index in [2.05, 4.69) is 34.9 Å². The van der Waals surface area contributed by atoms with Gasteiger partial charge in [-0.15, -0.1) is 0 Å². The Labute approximate surface area is 186 Å². The van der Waals surface area contributed by atoms with Gasteiger partial charge >= 0.3 is 0 Å². The van der Waals surface area contributed by atoms with E-state index in [4.69, 9.17) is 23.2 Å². The number of hydrogen-bond acceptors (Lipinski definition) is 2. The van der Waals surface area contributed by atoms with E-state index in [9.17, 15) is 9.59 Å². The van der Waals surface area contributed by atoms with Gasteiger partial charge in [-0.3, -0.25) is 9.59 Å². The SMILES string of the molecule is O=C(CNC(=O)c1ccc(Cl)cc1Cl)NCCC(c1ccccc1)c1ccccc1. The Bertz CT molecular complexity index is 955. The number of carbonyl (C=O) groups excluding carboxylic acids is 2. The summed E-state index contributed by atoms with van der Waals surface area (Å²) < 4.78 is 0. The van der Waals surface area contributed by atoms with E-state index < -0.39 is 5.91 Å². The van der Waals surface area contributed by atoms with E-state index in [1.54, 1.807) is 6.07 Å². The third kappa shape index (κ3) is 6.09. The van der Waals surface area contributed by atoms with Gasteiger partial charge in [0.15, 0.2) is 0 Å². The fourth-order valence-electron chi connectivity index (χ4n) is 3.24. The first-order chi connectivity index (χ1) is 14.5. The maximum Gasteiger partial charge on any atom is 0.253 e. The van der Waals surface area contributed by atoms with Crippen LogP contribution in [-0.4, -0.2) is 24.9 Å². The monoisotopic (exact) mass is 440 g/mol. The van der Waals surface area contributed by atoms with Crippen LogP contribution in [0, 0.1) is 0 Å². The zero-order valence-corrected chi connectivity index (χ0v) is 17.8. The average Bonchev–Trinajstić information content (AvgIpc) is 2.76. The molecule has 0 aromatic heterocycles. The Kier molecular flexibility index (Phi) is 7.89. The normalized spacial score (nSPS) is 10.6. The van der Waals surface area contributed by atoms with Gasteiger partial charge in [-0.25, -0.2) is 0 Å². The van der Waals surface area contributed by atoms with E-state index in [1.807, 2.05) is 36.4 Å². The lowest BCUT2D eigenvalue weighted by Crippen LogP contribution is -2.37. The molecule has 0 fully saturated rings. The quantitative estimate of drug-likeness (QED) is 0.513. The molecule has 0 spiro atoms. The van der Waals surface area contributed by atoms with Gasteiger partial charge in [-0.05, 0) is 35.7 Å². The molecule has 4 nitrogen and oxygen atoms in total. The number of carbonyl (C=O) groups is 2. The molecule has 3 aromatic carbocycles. The largest absolute Gasteiger partial charge is 0.355 e. The molecule has 30 heavy (non-hydrogen) atoms. The van der Waals surface area contributed by atoms with Gasteiger partial charge in [-0.1, -0.05) is 83.9 Å². The predicted molar refractivity (Wildman–Crippen MR) is 121 cm³/mol. The Morgan fingerprint density at radius 1 is 0.800 bits per heavy atom. The van der Waals surface area contributed by atoms with E-state index in [1.165, 1.54) is 23.3 Å². The second-order valence-electron chi connectivity index (χ2n) is 6.82. The molecule has 2 amide bonds. The van der Waals surface area contributed by atoms with Crippen LogP contribution in [0.25, 0.3) is 0 Å². The molecule has 0 aliphatic heterocycles. The number of rotatable bonds is 8. The van der Waals surface area contributed by atoms with E-state index >= 15 is 0 Å². The van der Waals surface area contributed by atoms with Crippen molar-refractivity contribution in [3.8, 4) is 0 Å². The smallest absolute Gasteiger partial charge is 0.253 e. The van der Waals surface area contributed by atoms with Crippen LogP contribution in [0.4, 0.5) is 0 Å². The van der Waals surface area contributed by atoms with Crippen molar-refractivity contribution in [2.75, 3.05) is 13.1 Å². The molecule has 0 unspecified atom stereocenters. The fraction of sp³-hybridized carbons (Fsp3) is 0.167. The van der Waals surface area contributed by atoms with Gasteiger partial charge in [0.05, 0.1) is 17.1 Å². The van der Waals surface area contributed by atoms with Crippen LogP contribution in [0.2, 0.25) is 10.0 Å². The van der Waals surface area contributed by atoms with Gasteiger partial charge in [0, 0.05) is 17.5 Å². The van der Waals surface area contributed by atoms with Crippen LogP contribution in [0.3, 0.4) is 0 Å². The molecule has 0 bridgehead atoms. The lowest BCUT2D eigenvalue weighted by Gasteiger charge is -2.18. The second kappa shape index (κ2) is 10.8. The standard InChI is InChI=1S/C24H22Cl2N2O2/c25-19-11-12-21(22(26)15-19)24(30)28-16-23(29)27-14-13-20(17-7-3-1-4-8-17)18-9-5-2-6-10-18/h1-12,15,20H,13-14,16H2,(H,27,29)(H,28,30). The van der Waals surface area contributed by atoms with Crippen molar-refractivity contribution in [2.45, 2.75) is 12.3 Å². The summed E-state index contributed by atoms with van der Waals surface area (Å²) in [4.78, 5) is 24.4. The molecule has 3 aromatic rings. The van der Waals surface area contributed by atoms with Crippen molar-refractivity contribution in [1.82, 2.24) is 10.6 Å². The molecule has 3 rings (SSSR count). The predicted octanol–water partition coefficient (Wildman–Crippen LogP) is 5.06. The van der Waals surface area contributed by atoms with Gasteiger partial charge in [0.25, 0.3) is 5.91 Å². The molecule has 0 aliphatic rings. The van der Waals surface area contributed by atoms with Crippen LogP contribution in [-0.2, 0) is 4.79 Å². The van der Waals surface area contributed by atoms with Crippen LogP contribution in [0.15, 0.2) is 78.9 Å². The molecule has 0 heterocycles. The highest BCUT2D eigenvalue weighted by atomic mass is 35.5. The zero-order valence-electron chi connectivity index (χ0n) is 16.3. The van der Waals surface area contributed by atoms with Crippen LogP contribution < -0.4 is 10.6 Å². The van der Waals surface area contributed by atoms with Crippen molar-refractivity contribution < 1.29 is 9.59 Å². The lowest BCUT2D eigenvalue weighted by atomic mass is 9.88. The molecule has 0 saturated carbocycles. The minimum atomic E-state index is -0.418. The van der Waals surface area contributed by atoms with Crippen LogP contribution >= 0.6 is 23.2 Å². The molecule has 154 valence electrons. The van der Waals surface area contributed by atoms with E-state index in [0.717, 1.165) is 6.42 Å². The first-order valence-corrected chi connectivity index (χ1v) is 10.4. The Balaban J connectivity index is 1.52. The number of hydrogen-bond donors (Lipinski definition) is 2. The Morgan fingerprint density at radius 3 is 1.97 bits per heavy atom. The molecule has 2 N–H and O–H groups in total. The maximum absolute atomic E-state index is 12.2. The molecule has 0 aliphatic carbocycles. The lowest BCUT2D eigenvalue weighted by molar-refractivity contribution is -0.120. The summed E-state index contributed by atoms with van der Waals surface area (Å²) in [7, 11) is 0. The Morgan fingerprint density at radius 2 is 1.40 bits per heavy atom. The second-order valence-corrected chi connectivity index (χ2v) is 7.66. The highest BCUT2D eigenvalue weighted by Crippen LogP contribution is 2.27. The van der Waals surface area contributed by atoms with Crippen molar-refractivity contribution in [3.05, 3.63) is 106 Å². The molecule has 6 heteroatoms. The first-order valence-electron chi connectivity index (χ1n) is 9.64. The van der Waals surface area contributed by atoms with E-state index in [-0.39, 0.29) is 29.0 Å². The van der Waals surface area contributed by atoms with Gasteiger partial charge in [0.2, 0.25) is 5.91 Å². The van der Waals surface area contributed by atoms with Gasteiger partial charge in [0.1, 0.15) is 0 Å². The Hall–Kier alpha value is -2.82. The van der Waals surface area contributed by atoms with Gasteiger partial charge < -0.3 is 10.6 Å².